The fourth-order valence-electron chi connectivity index (χ4n) is 5.35. The Bertz CT molecular complexity index is 1730. The minimum absolute atomic E-state index is 0.0158. The number of aliphatic hydroxyl groups is 1. The molecule has 1 N–H and O–H groups in total. The van der Waals surface area contributed by atoms with Crippen LogP contribution in [-0.2, 0) is 16.0 Å². The highest BCUT2D eigenvalue weighted by Crippen LogP contribution is 2.46. The molecule has 0 aliphatic carbocycles. The molecule has 1 saturated heterocycles. The molecular weight excluding hydrogens is 544 g/mol. The Kier molecular flexibility index (Phi) is 6.78. The number of rotatable bonds is 7. The normalized spacial score (nSPS) is 19.4. The number of Topliss-reactive ketones (excluding diaryl/α,β-unsaturated/α-hetero) is 1. The number of benzene rings is 3. The predicted molar refractivity (Wildman–Crippen MR) is 155 cm³/mol. The van der Waals surface area contributed by atoms with E-state index in [1.54, 1.807) is 36.4 Å². The topological polar surface area (TPSA) is 107 Å². The van der Waals surface area contributed by atoms with Crippen molar-refractivity contribution in [3.63, 3.8) is 0 Å². The molecule has 2 atom stereocenters. The van der Waals surface area contributed by atoms with Gasteiger partial charge in [0.15, 0.2) is 16.6 Å². The fourth-order valence-corrected chi connectivity index (χ4v) is 6.37. The van der Waals surface area contributed by atoms with E-state index in [0.717, 1.165) is 16.0 Å². The molecule has 1 fully saturated rings. The number of hydrogen-bond acceptors (Lipinski definition) is 9. The Morgan fingerprint density at radius 1 is 1.07 bits per heavy atom. The summed E-state index contributed by atoms with van der Waals surface area (Å²) in [6, 6.07) is 14.9. The van der Waals surface area contributed by atoms with Gasteiger partial charge in [0, 0.05) is 12.0 Å². The van der Waals surface area contributed by atoms with Crippen molar-refractivity contribution in [1.29, 1.82) is 0 Å². The fraction of sp³-hybridized carbons (Fsp3) is 0.258. The van der Waals surface area contributed by atoms with Gasteiger partial charge in [0.25, 0.3) is 5.78 Å². The van der Waals surface area contributed by atoms with Crippen LogP contribution in [0, 0.1) is 0 Å². The first-order valence-electron chi connectivity index (χ1n) is 13.2. The first kappa shape index (κ1) is 26.6. The molecule has 41 heavy (non-hydrogen) atoms. The summed E-state index contributed by atoms with van der Waals surface area (Å²) in [4.78, 5) is 33.4. The molecule has 0 spiro atoms. The number of nitrogens with zero attached hydrogens (tertiary/aromatic N) is 2. The van der Waals surface area contributed by atoms with Crippen LogP contribution in [0.4, 0.5) is 5.13 Å². The number of amides is 1. The van der Waals surface area contributed by atoms with Gasteiger partial charge in [0.2, 0.25) is 0 Å². The van der Waals surface area contributed by atoms with Crippen LogP contribution < -0.4 is 23.8 Å². The van der Waals surface area contributed by atoms with E-state index in [0.29, 0.717) is 52.1 Å². The summed E-state index contributed by atoms with van der Waals surface area (Å²) in [6.45, 7) is 4.38. The molecule has 6 rings (SSSR count). The second kappa shape index (κ2) is 10.4. The van der Waals surface area contributed by atoms with Crippen molar-refractivity contribution in [2.24, 2.45) is 0 Å². The van der Waals surface area contributed by atoms with Crippen molar-refractivity contribution in [2.75, 3.05) is 25.7 Å². The summed E-state index contributed by atoms with van der Waals surface area (Å²) in [5.74, 6) is 0.479. The quantitative estimate of drug-likeness (QED) is 0.172. The molecule has 3 aromatic carbocycles. The van der Waals surface area contributed by atoms with Gasteiger partial charge in [-0.2, -0.15) is 0 Å². The van der Waals surface area contributed by atoms with E-state index in [1.165, 1.54) is 30.5 Å². The number of ketones is 1. The molecule has 0 unspecified atom stereocenters. The molecule has 1 amide bonds. The molecule has 4 aromatic rings. The highest BCUT2D eigenvalue weighted by atomic mass is 32.1. The number of anilines is 1. The van der Waals surface area contributed by atoms with Crippen LogP contribution in [0.2, 0.25) is 0 Å². The molecule has 0 radical (unpaired) electrons. The number of hydrogen-bond donors (Lipinski definition) is 1. The van der Waals surface area contributed by atoms with Gasteiger partial charge in [-0.1, -0.05) is 17.4 Å². The second-order valence-corrected chi connectivity index (χ2v) is 10.8. The zero-order valence-corrected chi connectivity index (χ0v) is 23.8. The van der Waals surface area contributed by atoms with Gasteiger partial charge in [0.05, 0.1) is 42.7 Å². The predicted octanol–water partition coefficient (Wildman–Crippen LogP) is 5.66. The number of thiazole rings is 1. The third-order valence-electron chi connectivity index (χ3n) is 7.20. The molecule has 2 aliphatic rings. The monoisotopic (exact) mass is 572 g/mol. The standard InChI is InChI=1S/C31H28N2O7S/c1-5-39-20-8-9-21-25(15-20)41-31(32-21)33-27(17-6-11-23(37-3)24(14-17)38-4)26(29(35)30(33)36)28(34)18-7-10-22-19(13-18)12-16(2)40-22/h6-11,13-16,27,34H,5,12H2,1-4H3/t16-,27+/m0/s1. The molecule has 1 aromatic heterocycles. The van der Waals surface area contributed by atoms with Crippen LogP contribution in [0.1, 0.15) is 36.6 Å². The highest BCUT2D eigenvalue weighted by Gasteiger charge is 2.48. The number of aliphatic hydroxyl groups excluding tert-OH is 1. The average Bonchev–Trinajstić information content (AvgIpc) is 3.64. The van der Waals surface area contributed by atoms with E-state index in [2.05, 4.69) is 0 Å². The average molecular weight is 573 g/mol. The van der Waals surface area contributed by atoms with Gasteiger partial charge >= 0.3 is 5.91 Å². The van der Waals surface area contributed by atoms with Gasteiger partial charge in [-0.25, -0.2) is 4.98 Å². The Balaban J connectivity index is 1.53. The number of fused-ring (bicyclic) bond motifs is 2. The first-order chi connectivity index (χ1) is 19.8. The van der Waals surface area contributed by atoms with Crippen molar-refractivity contribution in [2.45, 2.75) is 32.4 Å². The SMILES string of the molecule is CCOc1ccc2nc(N3C(=O)C(=O)C(=C(O)c4ccc5c(c4)C[C@H](C)O5)[C@H]3c3ccc(OC)c(OC)c3)sc2c1. The number of methoxy groups -OCH3 is 2. The number of ether oxygens (including phenoxy) is 4. The third-order valence-corrected chi connectivity index (χ3v) is 8.22. The van der Waals surface area contributed by atoms with Crippen molar-refractivity contribution in [1.82, 2.24) is 4.98 Å². The molecule has 2 aliphatic heterocycles. The Labute approximate surface area is 240 Å². The summed E-state index contributed by atoms with van der Waals surface area (Å²) in [6.07, 6.45) is 0.696. The number of carbonyl (C=O) groups is 2. The molecule has 9 nitrogen and oxygen atoms in total. The molecule has 10 heteroatoms. The molecule has 3 heterocycles. The maximum absolute atomic E-state index is 13.7. The van der Waals surface area contributed by atoms with Crippen molar-refractivity contribution in [3.05, 3.63) is 76.9 Å². The van der Waals surface area contributed by atoms with E-state index in [4.69, 9.17) is 23.9 Å². The van der Waals surface area contributed by atoms with Gasteiger partial charge in [-0.3, -0.25) is 14.5 Å². The maximum atomic E-state index is 13.7. The van der Waals surface area contributed by atoms with E-state index >= 15 is 0 Å². The zero-order valence-electron chi connectivity index (χ0n) is 23.0. The summed E-state index contributed by atoms with van der Waals surface area (Å²) < 4.78 is 23.2. The summed E-state index contributed by atoms with van der Waals surface area (Å²) in [5.41, 5.74) is 2.53. The van der Waals surface area contributed by atoms with Gasteiger partial charge in [-0.15, -0.1) is 0 Å². The lowest BCUT2D eigenvalue weighted by Gasteiger charge is -2.23. The minimum atomic E-state index is -0.967. The lowest BCUT2D eigenvalue weighted by molar-refractivity contribution is -0.132. The Morgan fingerprint density at radius 2 is 1.88 bits per heavy atom. The second-order valence-electron chi connectivity index (χ2n) is 9.80. The van der Waals surface area contributed by atoms with Crippen LogP contribution in [0.3, 0.4) is 0 Å². The molecule has 0 bridgehead atoms. The summed E-state index contributed by atoms with van der Waals surface area (Å²) in [5, 5.41) is 11.9. The molecule has 210 valence electrons. The van der Waals surface area contributed by atoms with Crippen LogP contribution in [0.15, 0.2) is 60.2 Å². The van der Waals surface area contributed by atoms with E-state index in [-0.39, 0.29) is 17.4 Å². The third kappa shape index (κ3) is 4.54. The first-order valence-corrected chi connectivity index (χ1v) is 14.0. The van der Waals surface area contributed by atoms with E-state index in [1.807, 2.05) is 32.0 Å². The number of aromatic nitrogens is 1. The van der Waals surface area contributed by atoms with Gasteiger partial charge < -0.3 is 24.1 Å². The van der Waals surface area contributed by atoms with Crippen molar-refractivity contribution in [3.8, 4) is 23.0 Å². The Morgan fingerprint density at radius 3 is 2.63 bits per heavy atom. The highest BCUT2D eigenvalue weighted by molar-refractivity contribution is 7.22. The van der Waals surface area contributed by atoms with Crippen molar-refractivity contribution < 1.29 is 33.6 Å². The zero-order chi connectivity index (χ0) is 28.8. The summed E-state index contributed by atoms with van der Waals surface area (Å²) >= 11 is 1.27. The lowest BCUT2D eigenvalue weighted by Crippen LogP contribution is -2.29. The van der Waals surface area contributed by atoms with Gasteiger partial charge in [0.1, 0.15) is 23.4 Å². The van der Waals surface area contributed by atoms with Crippen LogP contribution in [0.25, 0.3) is 16.0 Å². The van der Waals surface area contributed by atoms with Crippen LogP contribution in [-0.4, -0.2) is 48.7 Å². The van der Waals surface area contributed by atoms with Crippen LogP contribution >= 0.6 is 11.3 Å². The molecular formula is C31H28N2O7S. The Hall–Kier alpha value is -4.57. The maximum Gasteiger partial charge on any atom is 0.301 e. The van der Waals surface area contributed by atoms with E-state index in [9.17, 15) is 14.7 Å². The smallest absolute Gasteiger partial charge is 0.301 e. The number of carbonyl (C=O) groups excluding carboxylic acids is 2. The largest absolute Gasteiger partial charge is 0.507 e. The van der Waals surface area contributed by atoms with E-state index < -0.39 is 17.7 Å². The minimum Gasteiger partial charge on any atom is -0.507 e. The van der Waals surface area contributed by atoms with Crippen LogP contribution in [0.5, 0.6) is 23.0 Å². The van der Waals surface area contributed by atoms with Crippen molar-refractivity contribution >= 4 is 44.1 Å². The van der Waals surface area contributed by atoms with Gasteiger partial charge in [-0.05, 0) is 73.5 Å². The summed E-state index contributed by atoms with van der Waals surface area (Å²) in [7, 11) is 3.04. The lowest BCUT2D eigenvalue weighted by atomic mass is 9.94. The molecule has 0 saturated carbocycles.